The molecule has 0 aromatic rings. The van der Waals surface area contributed by atoms with Crippen LogP contribution in [0.3, 0.4) is 0 Å². The smallest absolute Gasteiger partial charge is 0.264 e. The second-order valence-corrected chi connectivity index (χ2v) is 3.46. The van der Waals surface area contributed by atoms with Gasteiger partial charge >= 0.3 is 0 Å². The maximum Gasteiger partial charge on any atom is 0.264 e. The van der Waals surface area contributed by atoms with E-state index < -0.39 is 0 Å². The van der Waals surface area contributed by atoms with Crippen molar-refractivity contribution in [1.29, 1.82) is 0 Å². The first-order chi connectivity index (χ1) is 6.25. The van der Waals surface area contributed by atoms with Gasteiger partial charge in [-0.05, 0) is 19.3 Å². The molecule has 0 saturated heterocycles. The van der Waals surface area contributed by atoms with Gasteiger partial charge < -0.3 is 10.4 Å². The molecule has 0 aromatic heterocycles. The van der Waals surface area contributed by atoms with Crippen molar-refractivity contribution in [3.63, 3.8) is 0 Å². The van der Waals surface area contributed by atoms with Crippen molar-refractivity contribution in [2.45, 2.75) is 37.7 Å². The maximum atomic E-state index is 10.7. The highest BCUT2D eigenvalue weighted by Crippen LogP contribution is 2.19. The molecule has 1 heterocycles. The Balaban J connectivity index is 1.84. The molecule has 0 spiro atoms. The van der Waals surface area contributed by atoms with Gasteiger partial charge in [0.1, 0.15) is 0 Å². The van der Waals surface area contributed by atoms with Gasteiger partial charge in [0.15, 0.2) is 6.29 Å². The lowest BCUT2D eigenvalue weighted by Gasteiger charge is -2.19. The van der Waals surface area contributed by atoms with Gasteiger partial charge in [-0.1, -0.05) is 0 Å². The van der Waals surface area contributed by atoms with Crippen LogP contribution >= 0.6 is 0 Å². The van der Waals surface area contributed by atoms with Gasteiger partial charge in [-0.25, -0.2) is 4.99 Å². The van der Waals surface area contributed by atoms with Gasteiger partial charge in [0.2, 0.25) is 0 Å². The van der Waals surface area contributed by atoms with Crippen LogP contribution in [-0.4, -0.2) is 35.7 Å². The lowest BCUT2D eigenvalue weighted by atomic mass is 10.2. The first-order valence-corrected chi connectivity index (χ1v) is 4.53. The Morgan fingerprint density at radius 3 is 3.00 bits per heavy atom. The molecule has 5 heteroatoms. The Hall–Kier alpha value is -0.940. The minimum absolute atomic E-state index is 0.0700. The van der Waals surface area contributed by atoms with Gasteiger partial charge in [0.05, 0.1) is 12.3 Å². The summed E-state index contributed by atoms with van der Waals surface area (Å²) < 4.78 is 0. The van der Waals surface area contributed by atoms with Crippen LogP contribution in [0, 0.1) is 0 Å². The number of hydrogen-bond donors (Lipinski definition) is 3. The second kappa shape index (κ2) is 3.43. The molecule has 5 nitrogen and oxygen atoms in total. The summed E-state index contributed by atoms with van der Waals surface area (Å²) in [7, 11) is 0. The lowest BCUT2D eigenvalue weighted by molar-refractivity contribution is -0.114. The third-order valence-corrected chi connectivity index (χ3v) is 2.47. The molecule has 1 aliphatic carbocycles. The number of aliphatic hydroxyl groups excluding tert-OH is 1. The van der Waals surface area contributed by atoms with Gasteiger partial charge in [-0.3, -0.25) is 10.1 Å². The number of nitrogens with one attached hydrogen (secondary N) is 2. The van der Waals surface area contributed by atoms with Gasteiger partial charge in [0, 0.05) is 6.04 Å². The van der Waals surface area contributed by atoms with E-state index >= 15 is 0 Å². The maximum absolute atomic E-state index is 10.7. The van der Waals surface area contributed by atoms with E-state index in [2.05, 4.69) is 15.6 Å². The van der Waals surface area contributed by atoms with Crippen molar-refractivity contribution in [3.05, 3.63) is 0 Å². The number of aliphatic hydroxyl groups is 1. The number of carbonyl (C=O) groups is 1. The first kappa shape index (κ1) is 8.65. The average molecular weight is 183 g/mol. The lowest BCUT2D eigenvalue weighted by Crippen LogP contribution is -2.47. The monoisotopic (exact) mass is 183 g/mol. The predicted molar refractivity (Wildman–Crippen MR) is 47.2 cm³/mol. The van der Waals surface area contributed by atoms with Crippen molar-refractivity contribution in [1.82, 2.24) is 10.6 Å². The Morgan fingerprint density at radius 2 is 2.46 bits per heavy atom. The Labute approximate surface area is 76.2 Å². The third kappa shape index (κ3) is 1.87. The van der Waals surface area contributed by atoms with Crippen LogP contribution in [0.2, 0.25) is 0 Å². The van der Waals surface area contributed by atoms with E-state index in [0.29, 0.717) is 0 Å². The van der Waals surface area contributed by atoms with Crippen molar-refractivity contribution >= 4 is 12.1 Å². The molecule has 1 amide bonds. The fourth-order valence-electron chi connectivity index (χ4n) is 1.77. The Kier molecular flexibility index (Phi) is 2.28. The normalized spacial score (nSPS) is 38.2. The summed E-state index contributed by atoms with van der Waals surface area (Å²) in [6, 6.07) is 0.0700. The molecule has 1 saturated carbocycles. The van der Waals surface area contributed by atoms with Crippen molar-refractivity contribution in [3.8, 4) is 0 Å². The first-order valence-electron chi connectivity index (χ1n) is 4.53. The molecule has 3 atom stereocenters. The molecule has 72 valence electrons. The summed E-state index contributed by atoms with van der Waals surface area (Å²) >= 11 is 0. The minimum Gasteiger partial charge on any atom is -0.392 e. The van der Waals surface area contributed by atoms with Gasteiger partial charge in [0.25, 0.3) is 5.91 Å². The SMILES string of the molecule is O=C1C=NC(N[C@@H]2CCC[C@H]2O)N1. The molecular formula is C8H13N3O2. The van der Waals surface area contributed by atoms with Crippen LogP contribution in [0.15, 0.2) is 4.99 Å². The molecule has 2 rings (SSSR count). The summed E-state index contributed by atoms with van der Waals surface area (Å²) in [6.07, 6.45) is 3.44. The summed E-state index contributed by atoms with van der Waals surface area (Å²) in [5.74, 6) is -0.176. The molecule has 1 fully saturated rings. The predicted octanol–water partition coefficient (Wildman–Crippen LogP) is -1.03. The van der Waals surface area contributed by atoms with E-state index in [0.717, 1.165) is 19.3 Å². The van der Waals surface area contributed by atoms with Crippen LogP contribution in [0.25, 0.3) is 0 Å². The zero-order chi connectivity index (χ0) is 9.26. The summed E-state index contributed by atoms with van der Waals surface area (Å²) in [5.41, 5.74) is 0. The van der Waals surface area contributed by atoms with Crippen LogP contribution in [0.4, 0.5) is 0 Å². The highest BCUT2D eigenvalue weighted by molar-refractivity contribution is 6.27. The number of rotatable bonds is 2. The van der Waals surface area contributed by atoms with E-state index in [1.807, 2.05) is 0 Å². The highest BCUT2D eigenvalue weighted by Gasteiger charge is 2.28. The Bertz CT molecular complexity index is 242. The van der Waals surface area contributed by atoms with Crippen molar-refractivity contribution < 1.29 is 9.90 Å². The summed E-state index contributed by atoms with van der Waals surface area (Å²) in [4.78, 5) is 14.7. The summed E-state index contributed by atoms with van der Waals surface area (Å²) in [5, 5.41) is 15.2. The third-order valence-electron chi connectivity index (χ3n) is 2.47. The highest BCUT2D eigenvalue weighted by atomic mass is 16.3. The largest absolute Gasteiger partial charge is 0.392 e. The number of nitrogens with zero attached hydrogens (tertiary/aromatic N) is 1. The topological polar surface area (TPSA) is 73.7 Å². The van der Waals surface area contributed by atoms with Crippen LogP contribution in [0.1, 0.15) is 19.3 Å². The molecule has 1 unspecified atom stereocenters. The number of amides is 1. The molecule has 3 N–H and O–H groups in total. The standard InChI is InChI=1S/C8H13N3O2/c12-6-3-1-2-5(6)10-8-9-4-7(13)11-8/h4-6,8,10,12H,1-3H2,(H,11,13)/t5-,6-,8?/m1/s1. The fourth-order valence-corrected chi connectivity index (χ4v) is 1.77. The number of aliphatic imine (C=N–C) groups is 1. The average Bonchev–Trinajstić information content (AvgIpc) is 2.64. The van der Waals surface area contributed by atoms with Crippen LogP contribution < -0.4 is 10.6 Å². The Morgan fingerprint density at radius 1 is 1.62 bits per heavy atom. The minimum atomic E-state index is -0.342. The molecule has 0 bridgehead atoms. The van der Waals surface area contributed by atoms with E-state index in [1.54, 1.807) is 0 Å². The van der Waals surface area contributed by atoms with Crippen LogP contribution in [-0.2, 0) is 4.79 Å². The molecule has 2 aliphatic rings. The summed E-state index contributed by atoms with van der Waals surface area (Å²) in [6.45, 7) is 0. The van der Waals surface area contributed by atoms with Gasteiger partial charge in [-0.15, -0.1) is 0 Å². The molecular weight excluding hydrogens is 170 g/mol. The van der Waals surface area contributed by atoms with Crippen molar-refractivity contribution in [2.75, 3.05) is 0 Å². The number of hydrogen-bond acceptors (Lipinski definition) is 4. The van der Waals surface area contributed by atoms with Gasteiger partial charge in [-0.2, -0.15) is 0 Å². The molecule has 1 aliphatic heterocycles. The molecule has 0 aromatic carbocycles. The second-order valence-electron chi connectivity index (χ2n) is 3.46. The van der Waals surface area contributed by atoms with E-state index in [1.165, 1.54) is 6.21 Å². The quantitative estimate of drug-likeness (QED) is 0.512. The molecule has 13 heavy (non-hydrogen) atoms. The van der Waals surface area contributed by atoms with E-state index in [9.17, 15) is 9.90 Å². The fraction of sp³-hybridized carbons (Fsp3) is 0.750. The van der Waals surface area contributed by atoms with Crippen LogP contribution in [0.5, 0.6) is 0 Å². The molecule has 0 radical (unpaired) electrons. The van der Waals surface area contributed by atoms with E-state index in [4.69, 9.17) is 0 Å². The zero-order valence-electron chi connectivity index (χ0n) is 7.23. The van der Waals surface area contributed by atoms with Crippen molar-refractivity contribution in [2.24, 2.45) is 4.99 Å². The van der Waals surface area contributed by atoms with E-state index in [-0.39, 0.29) is 24.3 Å². The zero-order valence-corrected chi connectivity index (χ0v) is 7.23. The number of carbonyl (C=O) groups excluding carboxylic acids is 1.